The predicted octanol–water partition coefficient (Wildman–Crippen LogP) is 2.52. The summed E-state index contributed by atoms with van der Waals surface area (Å²) in [7, 11) is 0. The first-order chi connectivity index (χ1) is 11.6. The maximum atomic E-state index is 13.0. The van der Waals surface area contributed by atoms with Crippen molar-refractivity contribution in [2.75, 3.05) is 10.6 Å². The van der Waals surface area contributed by atoms with Crippen LogP contribution in [0.4, 0.5) is 11.4 Å². The van der Waals surface area contributed by atoms with Gasteiger partial charge in [-0.1, -0.05) is 30.3 Å². The highest BCUT2D eigenvalue weighted by Gasteiger charge is 2.52. The summed E-state index contributed by atoms with van der Waals surface area (Å²) in [6, 6.07) is 19.3. The number of hydrogen-bond acceptors (Lipinski definition) is 4. The lowest BCUT2D eigenvalue weighted by molar-refractivity contribution is 0.0682. The Hall–Kier alpha value is -3.18. The van der Waals surface area contributed by atoms with Gasteiger partial charge in [-0.2, -0.15) is 0 Å². The smallest absolute Gasteiger partial charge is 0.263 e. The maximum Gasteiger partial charge on any atom is 0.263 e. The topological polar surface area (TPSA) is 79.5 Å². The molecule has 3 N–H and O–H groups in total. The number of rotatable bonds is 2. The van der Waals surface area contributed by atoms with E-state index < -0.39 is 5.72 Å². The number of amides is 1. The molecule has 0 aliphatic carbocycles. The van der Waals surface area contributed by atoms with Crippen LogP contribution in [-0.4, -0.2) is 16.0 Å². The summed E-state index contributed by atoms with van der Waals surface area (Å²) in [6.45, 7) is 0. The van der Waals surface area contributed by atoms with Crippen molar-refractivity contribution in [3.05, 3.63) is 89.7 Å². The average Bonchev–Trinajstić information content (AvgIpc) is 2.85. The van der Waals surface area contributed by atoms with Gasteiger partial charge in [-0.05, 0) is 36.4 Å². The summed E-state index contributed by atoms with van der Waals surface area (Å²) in [6.07, 6.45) is 1.57. The first-order valence-electron chi connectivity index (χ1n) is 7.56. The molecule has 0 bridgehead atoms. The largest absolute Gasteiger partial charge is 0.399 e. The van der Waals surface area contributed by atoms with E-state index in [0.717, 1.165) is 0 Å². The fourth-order valence-corrected chi connectivity index (χ4v) is 3.13. The zero-order valence-electron chi connectivity index (χ0n) is 12.8. The second kappa shape index (κ2) is 5.18. The van der Waals surface area contributed by atoms with Crippen molar-refractivity contribution in [2.45, 2.75) is 5.72 Å². The molecule has 5 heteroatoms. The van der Waals surface area contributed by atoms with Gasteiger partial charge in [-0.15, -0.1) is 0 Å². The molecule has 2 heterocycles. The number of aliphatic hydroxyl groups is 1. The molecule has 1 aliphatic rings. The number of fused-ring (bicyclic) bond motifs is 1. The number of nitrogens with zero attached hydrogens (tertiary/aromatic N) is 2. The Labute approximate surface area is 139 Å². The zero-order chi connectivity index (χ0) is 16.7. The van der Waals surface area contributed by atoms with E-state index >= 15 is 0 Å². The van der Waals surface area contributed by atoms with Gasteiger partial charge in [0.1, 0.15) is 5.69 Å². The van der Waals surface area contributed by atoms with E-state index in [1.54, 1.807) is 54.7 Å². The van der Waals surface area contributed by atoms with Gasteiger partial charge >= 0.3 is 0 Å². The van der Waals surface area contributed by atoms with Crippen LogP contribution in [0.3, 0.4) is 0 Å². The van der Waals surface area contributed by atoms with Crippen molar-refractivity contribution in [3.63, 3.8) is 0 Å². The highest BCUT2D eigenvalue weighted by molar-refractivity contribution is 6.12. The molecule has 0 saturated carbocycles. The quantitative estimate of drug-likeness (QED) is 0.712. The lowest BCUT2D eigenvalue weighted by atomic mass is 9.97. The minimum absolute atomic E-state index is 0.297. The lowest BCUT2D eigenvalue weighted by Crippen LogP contribution is -2.45. The summed E-state index contributed by atoms with van der Waals surface area (Å²) < 4.78 is 0. The fraction of sp³-hybridized carbons (Fsp3) is 0.0526. The minimum atomic E-state index is -1.70. The van der Waals surface area contributed by atoms with Crippen LogP contribution in [0.5, 0.6) is 0 Å². The van der Waals surface area contributed by atoms with E-state index in [4.69, 9.17) is 5.73 Å². The van der Waals surface area contributed by atoms with E-state index in [1.807, 2.05) is 18.2 Å². The Balaban J connectivity index is 2.01. The number of nitrogens with two attached hydrogens (primary N) is 1. The Morgan fingerprint density at radius 1 is 1.00 bits per heavy atom. The molecule has 118 valence electrons. The van der Waals surface area contributed by atoms with Crippen LogP contribution >= 0.6 is 0 Å². The second-order valence-electron chi connectivity index (χ2n) is 5.67. The van der Waals surface area contributed by atoms with Crippen molar-refractivity contribution >= 4 is 17.3 Å². The molecule has 4 rings (SSSR count). The van der Waals surface area contributed by atoms with E-state index in [2.05, 4.69) is 4.98 Å². The minimum Gasteiger partial charge on any atom is -0.399 e. The van der Waals surface area contributed by atoms with Crippen LogP contribution < -0.4 is 10.6 Å². The molecular formula is C19H15N3O2. The first kappa shape index (κ1) is 14.4. The summed E-state index contributed by atoms with van der Waals surface area (Å²) in [4.78, 5) is 18.6. The molecule has 5 nitrogen and oxygen atoms in total. The molecule has 1 amide bonds. The van der Waals surface area contributed by atoms with Gasteiger partial charge in [0.05, 0.1) is 5.56 Å². The summed E-state index contributed by atoms with van der Waals surface area (Å²) >= 11 is 0. The van der Waals surface area contributed by atoms with Crippen LogP contribution in [-0.2, 0) is 5.72 Å². The molecule has 0 spiro atoms. The number of nitrogen functional groups attached to an aromatic ring is 1. The van der Waals surface area contributed by atoms with Crippen molar-refractivity contribution in [3.8, 4) is 0 Å². The number of carbonyl (C=O) groups is 1. The third kappa shape index (κ3) is 1.92. The molecular weight excluding hydrogens is 302 g/mol. The molecule has 1 aliphatic heterocycles. The average molecular weight is 317 g/mol. The van der Waals surface area contributed by atoms with Crippen LogP contribution in [0.2, 0.25) is 0 Å². The lowest BCUT2D eigenvalue weighted by Gasteiger charge is -2.34. The Morgan fingerprint density at radius 3 is 2.54 bits per heavy atom. The zero-order valence-corrected chi connectivity index (χ0v) is 12.8. The van der Waals surface area contributed by atoms with Gasteiger partial charge in [0.15, 0.2) is 0 Å². The SMILES string of the molecule is Nc1cccc(C2(O)c3ncccc3C(=O)N2c2ccccc2)c1. The van der Waals surface area contributed by atoms with Crippen LogP contribution in [0.1, 0.15) is 21.6 Å². The highest BCUT2D eigenvalue weighted by atomic mass is 16.3. The molecule has 1 atom stereocenters. The number of carbonyl (C=O) groups excluding carboxylic acids is 1. The summed E-state index contributed by atoms with van der Waals surface area (Å²) in [5.41, 5.74) is 6.47. The van der Waals surface area contributed by atoms with Gasteiger partial charge in [-0.3, -0.25) is 14.7 Å². The number of anilines is 2. The Bertz CT molecular complexity index is 927. The van der Waals surface area contributed by atoms with Crippen molar-refractivity contribution < 1.29 is 9.90 Å². The molecule has 2 aromatic carbocycles. The Morgan fingerprint density at radius 2 is 1.79 bits per heavy atom. The van der Waals surface area contributed by atoms with Gasteiger partial charge in [-0.25, -0.2) is 0 Å². The monoisotopic (exact) mass is 317 g/mol. The molecule has 0 saturated heterocycles. The summed E-state index contributed by atoms with van der Waals surface area (Å²) in [5.74, 6) is -0.297. The van der Waals surface area contributed by atoms with Crippen molar-refractivity contribution in [1.82, 2.24) is 4.98 Å². The number of pyridine rings is 1. The predicted molar refractivity (Wildman–Crippen MR) is 91.3 cm³/mol. The molecule has 1 aromatic heterocycles. The van der Waals surface area contributed by atoms with Gasteiger partial charge in [0.2, 0.25) is 5.72 Å². The second-order valence-corrected chi connectivity index (χ2v) is 5.67. The molecule has 1 unspecified atom stereocenters. The number of benzene rings is 2. The van der Waals surface area contributed by atoms with E-state index in [0.29, 0.717) is 28.2 Å². The van der Waals surface area contributed by atoms with E-state index in [9.17, 15) is 9.90 Å². The first-order valence-corrected chi connectivity index (χ1v) is 7.56. The van der Waals surface area contributed by atoms with E-state index in [-0.39, 0.29) is 5.91 Å². The van der Waals surface area contributed by atoms with Crippen LogP contribution in [0.25, 0.3) is 0 Å². The number of aromatic nitrogens is 1. The molecule has 0 radical (unpaired) electrons. The van der Waals surface area contributed by atoms with Crippen LogP contribution in [0, 0.1) is 0 Å². The molecule has 3 aromatic rings. The van der Waals surface area contributed by atoms with E-state index in [1.165, 1.54) is 4.90 Å². The summed E-state index contributed by atoms with van der Waals surface area (Å²) in [5, 5.41) is 11.6. The van der Waals surface area contributed by atoms with Gasteiger partial charge < -0.3 is 10.8 Å². The highest BCUT2D eigenvalue weighted by Crippen LogP contribution is 2.43. The molecule has 0 fully saturated rings. The number of para-hydroxylation sites is 1. The standard InChI is InChI=1S/C19H15N3O2/c20-14-7-4-6-13(12-14)19(24)17-16(10-5-11-21-17)18(23)22(19)15-8-2-1-3-9-15/h1-12,24H,20H2. The third-order valence-corrected chi connectivity index (χ3v) is 4.20. The Kier molecular flexibility index (Phi) is 3.11. The van der Waals surface area contributed by atoms with Crippen molar-refractivity contribution in [2.24, 2.45) is 0 Å². The maximum absolute atomic E-state index is 13.0. The third-order valence-electron chi connectivity index (χ3n) is 4.20. The molecule has 24 heavy (non-hydrogen) atoms. The number of hydrogen-bond donors (Lipinski definition) is 2. The fourth-order valence-electron chi connectivity index (χ4n) is 3.13. The van der Waals surface area contributed by atoms with Crippen LogP contribution in [0.15, 0.2) is 72.9 Å². The normalized spacial score (nSPS) is 19.4. The van der Waals surface area contributed by atoms with Gasteiger partial charge in [0, 0.05) is 23.1 Å². The van der Waals surface area contributed by atoms with Crippen molar-refractivity contribution in [1.29, 1.82) is 0 Å². The van der Waals surface area contributed by atoms with Gasteiger partial charge in [0.25, 0.3) is 5.91 Å².